The lowest BCUT2D eigenvalue weighted by molar-refractivity contribution is 0.0698. The maximum atomic E-state index is 11.0. The number of rotatable bonds is 1. The average molecular weight is 212 g/mol. The number of benzene rings is 2. The lowest BCUT2D eigenvalue weighted by atomic mass is 10.1. The van der Waals surface area contributed by atoms with Crippen LogP contribution in [-0.4, -0.2) is 11.1 Å². The molecule has 0 saturated carbocycles. The first-order valence-electron chi connectivity index (χ1n) is 4.91. The first kappa shape index (κ1) is 8.97. The van der Waals surface area contributed by atoms with E-state index in [1.807, 2.05) is 30.3 Å². The van der Waals surface area contributed by atoms with Gasteiger partial charge in [-0.15, -0.1) is 0 Å². The van der Waals surface area contributed by atoms with Crippen molar-refractivity contribution in [2.45, 2.75) is 0 Å². The fraction of sp³-hybridized carbons (Fsp3) is 0. The third-order valence-electron chi connectivity index (χ3n) is 2.63. The predicted octanol–water partition coefficient (Wildman–Crippen LogP) is 3.28. The molecule has 2 aromatic carbocycles. The van der Waals surface area contributed by atoms with Crippen LogP contribution in [-0.2, 0) is 0 Å². The van der Waals surface area contributed by atoms with Crippen molar-refractivity contribution in [3.63, 3.8) is 0 Å². The Morgan fingerprint density at radius 2 is 1.75 bits per heavy atom. The molecule has 78 valence electrons. The molecule has 1 aromatic heterocycles. The van der Waals surface area contributed by atoms with Crippen molar-refractivity contribution in [2.24, 2.45) is 0 Å². The summed E-state index contributed by atoms with van der Waals surface area (Å²) in [5.74, 6) is -0.968. The summed E-state index contributed by atoms with van der Waals surface area (Å²) >= 11 is 0. The topological polar surface area (TPSA) is 50.4 Å². The van der Waals surface area contributed by atoms with E-state index < -0.39 is 5.97 Å². The quantitative estimate of drug-likeness (QED) is 0.673. The van der Waals surface area contributed by atoms with Crippen LogP contribution in [0.2, 0.25) is 0 Å². The van der Waals surface area contributed by atoms with Crippen LogP contribution in [0.15, 0.2) is 46.9 Å². The van der Waals surface area contributed by atoms with Gasteiger partial charge in [0.1, 0.15) is 16.7 Å². The normalized spacial score (nSPS) is 11.0. The van der Waals surface area contributed by atoms with E-state index in [0.29, 0.717) is 11.2 Å². The second-order valence-electron chi connectivity index (χ2n) is 3.59. The van der Waals surface area contributed by atoms with E-state index >= 15 is 0 Å². The number of aromatic carboxylic acids is 1. The zero-order valence-electron chi connectivity index (χ0n) is 8.31. The molecule has 0 bridgehead atoms. The third-order valence-corrected chi connectivity index (χ3v) is 2.63. The average Bonchev–Trinajstić information content (AvgIpc) is 2.67. The molecule has 3 heteroatoms. The minimum absolute atomic E-state index is 0.203. The van der Waals surface area contributed by atoms with Crippen LogP contribution in [0.3, 0.4) is 0 Å². The van der Waals surface area contributed by atoms with Crippen LogP contribution in [0.5, 0.6) is 0 Å². The van der Waals surface area contributed by atoms with Crippen molar-refractivity contribution in [1.82, 2.24) is 0 Å². The Bertz CT molecular complexity index is 695. The summed E-state index contributed by atoms with van der Waals surface area (Å²) in [5, 5.41) is 10.8. The molecule has 3 rings (SSSR count). The summed E-state index contributed by atoms with van der Waals surface area (Å²) in [6.07, 6.45) is 0. The Hall–Kier alpha value is -2.29. The highest BCUT2D eigenvalue weighted by atomic mass is 16.4. The molecule has 0 fully saturated rings. The summed E-state index contributed by atoms with van der Waals surface area (Å²) in [7, 11) is 0. The molecule has 1 heterocycles. The summed E-state index contributed by atoms with van der Waals surface area (Å²) < 4.78 is 5.56. The Kier molecular flexibility index (Phi) is 1.74. The highest BCUT2D eigenvalue weighted by Gasteiger charge is 2.13. The van der Waals surface area contributed by atoms with Crippen molar-refractivity contribution < 1.29 is 14.3 Å². The molecule has 3 aromatic rings. The summed E-state index contributed by atoms with van der Waals surface area (Å²) in [6, 6.07) is 12.7. The molecule has 0 atom stereocenters. The molecular weight excluding hydrogens is 204 g/mol. The van der Waals surface area contributed by atoms with E-state index in [0.717, 1.165) is 10.8 Å². The highest BCUT2D eigenvalue weighted by molar-refractivity contribution is 6.11. The molecule has 0 aliphatic carbocycles. The van der Waals surface area contributed by atoms with Gasteiger partial charge < -0.3 is 9.52 Å². The molecular formula is C13H8O3. The molecule has 1 N–H and O–H groups in total. The SMILES string of the molecule is O=C(O)c1cccc2c1oc1ccccc12. The molecule has 0 unspecified atom stereocenters. The standard InChI is InChI=1S/C13H8O3/c14-13(15)10-6-3-5-9-8-4-1-2-7-11(8)16-12(9)10/h1-7H,(H,14,15). The number of hydrogen-bond donors (Lipinski definition) is 1. The number of para-hydroxylation sites is 2. The second-order valence-corrected chi connectivity index (χ2v) is 3.59. The highest BCUT2D eigenvalue weighted by Crippen LogP contribution is 2.30. The molecule has 0 spiro atoms. The van der Waals surface area contributed by atoms with E-state index in [2.05, 4.69) is 0 Å². The van der Waals surface area contributed by atoms with Crippen molar-refractivity contribution >= 4 is 27.9 Å². The van der Waals surface area contributed by atoms with E-state index in [-0.39, 0.29) is 5.56 Å². The minimum Gasteiger partial charge on any atom is -0.478 e. The molecule has 0 aliphatic rings. The Balaban J connectivity index is 2.54. The van der Waals surface area contributed by atoms with Crippen LogP contribution < -0.4 is 0 Å². The van der Waals surface area contributed by atoms with Gasteiger partial charge >= 0.3 is 5.97 Å². The van der Waals surface area contributed by atoms with Crippen molar-refractivity contribution in [3.8, 4) is 0 Å². The number of carbonyl (C=O) groups is 1. The maximum absolute atomic E-state index is 11.0. The largest absolute Gasteiger partial charge is 0.478 e. The molecule has 0 aliphatic heterocycles. The van der Waals surface area contributed by atoms with Gasteiger partial charge in [0.15, 0.2) is 0 Å². The first-order chi connectivity index (χ1) is 7.77. The molecule has 0 amide bonds. The maximum Gasteiger partial charge on any atom is 0.339 e. The van der Waals surface area contributed by atoms with E-state index in [1.54, 1.807) is 12.1 Å². The van der Waals surface area contributed by atoms with Gasteiger partial charge in [-0.05, 0) is 12.1 Å². The fourth-order valence-electron chi connectivity index (χ4n) is 1.92. The van der Waals surface area contributed by atoms with Crippen LogP contribution in [0.4, 0.5) is 0 Å². The van der Waals surface area contributed by atoms with Gasteiger partial charge in [0.2, 0.25) is 0 Å². The molecule has 0 radical (unpaired) electrons. The van der Waals surface area contributed by atoms with Gasteiger partial charge in [-0.3, -0.25) is 0 Å². The number of hydrogen-bond acceptors (Lipinski definition) is 2. The lowest BCUT2D eigenvalue weighted by Gasteiger charge is -1.94. The molecule has 3 nitrogen and oxygen atoms in total. The minimum atomic E-state index is -0.968. The zero-order chi connectivity index (χ0) is 11.1. The Morgan fingerprint density at radius 3 is 2.56 bits per heavy atom. The van der Waals surface area contributed by atoms with Crippen molar-refractivity contribution in [2.75, 3.05) is 0 Å². The third kappa shape index (κ3) is 1.11. The van der Waals surface area contributed by atoms with Crippen LogP contribution in [0, 0.1) is 0 Å². The van der Waals surface area contributed by atoms with Gasteiger partial charge in [0, 0.05) is 10.8 Å². The zero-order valence-corrected chi connectivity index (χ0v) is 8.31. The Labute approximate surface area is 90.9 Å². The molecule has 0 saturated heterocycles. The Morgan fingerprint density at radius 1 is 1.00 bits per heavy atom. The van der Waals surface area contributed by atoms with Gasteiger partial charge in [-0.1, -0.05) is 30.3 Å². The van der Waals surface area contributed by atoms with Crippen LogP contribution >= 0.6 is 0 Å². The first-order valence-corrected chi connectivity index (χ1v) is 4.91. The number of carboxylic acids is 1. The van der Waals surface area contributed by atoms with Crippen LogP contribution in [0.1, 0.15) is 10.4 Å². The van der Waals surface area contributed by atoms with Crippen LogP contribution in [0.25, 0.3) is 21.9 Å². The smallest absolute Gasteiger partial charge is 0.339 e. The van der Waals surface area contributed by atoms with E-state index in [9.17, 15) is 4.79 Å². The van der Waals surface area contributed by atoms with Crippen molar-refractivity contribution in [1.29, 1.82) is 0 Å². The second kappa shape index (κ2) is 3.10. The fourth-order valence-corrected chi connectivity index (χ4v) is 1.92. The van der Waals surface area contributed by atoms with Gasteiger partial charge in [-0.25, -0.2) is 4.79 Å². The van der Waals surface area contributed by atoms with E-state index in [1.165, 1.54) is 0 Å². The monoisotopic (exact) mass is 212 g/mol. The van der Waals surface area contributed by atoms with E-state index in [4.69, 9.17) is 9.52 Å². The van der Waals surface area contributed by atoms with Crippen molar-refractivity contribution in [3.05, 3.63) is 48.0 Å². The number of fused-ring (bicyclic) bond motifs is 3. The number of furan rings is 1. The summed E-state index contributed by atoms with van der Waals surface area (Å²) in [6.45, 7) is 0. The van der Waals surface area contributed by atoms with Gasteiger partial charge in [0.25, 0.3) is 0 Å². The predicted molar refractivity (Wildman–Crippen MR) is 60.7 cm³/mol. The summed E-state index contributed by atoms with van der Waals surface area (Å²) in [5.41, 5.74) is 1.36. The summed E-state index contributed by atoms with van der Waals surface area (Å²) in [4.78, 5) is 11.0. The lowest BCUT2D eigenvalue weighted by Crippen LogP contribution is -1.95. The van der Waals surface area contributed by atoms with Gasteiger partial charge in [-0.2, -0.15) is 0 Å². The number of carboxylic acid groups (broad SMARTS) is 1. The van der Waals surface area contributed by atoms with Gasteiger partial charge in [0.05, 0.1) is 0 Å². The molecule has 16 heavy (non-hydrogen) atoms.